The topological polar surface area (TPSA) is 41.5 Å². The van der Waals surface area contributed by atoms with E-state index < -0.39 is 0 Å². The minimum Gasteiger partial charge on any atom is -0.497 e. The first kappa shape index (κ1) is 18.8. The first-order valence-electron chi connectivity index (χ1n) is 10.8. The van der Waals surface area contributed by atoms with Crippen molar-refractivity contribution in [2.45, 2.75) is 57.7 Å². The molecule has 5 rings (SSSR count). The van der Waals surface area contributed by atoms with Crippen molar-refractivity contribution in [3.05, 3.63) is 47.0 Å². The maximum Gasteiger partial charge on any atom is 0.225 e. The van der Waals surface area contributed by atoms with Gasteiger partial charge in [0.1, 0.15) is 11.6 Å². The molecule has 0 amide bonds. The number of piperidine rings is 1. The van der Waals surface area contributed by atoms with Crippen molar-refractivity contribution in [3.8, 4) is 5.75 Å². The number of fused-ring (bicyclic) bond motifs is 4. The van der Waals surface area contributed by atoms with E-state index in [9.17, 15) is 4.39 Å². The molecule has 2 saturated heterocycles. The number of nitrogens with zero attached hydrogens (tertiary/aromatic N) is 4. The van der Waals surface area contributed by atoms with E-state index in [-0.39, 0.29) is 11.9 Å². The van der Waals surface area contributed by atoms with Crippen LogP contribution in [0.5, 0.6) is 5.75 Å². The Labute approximate surface area is 171 Å². The molecule has 0 N–H and O–H groups in total. The number of anilines is 1. The lowest BCUT2D eigenvalue weighted by Crippen LogP contribution is -2.39. The Hall–Kier alpha value is -2.21. The van der Waals surface area contributed by atoms with Crippen molar-refractivity contribution >= 4 is 5.95 Å². The van der Waals surface area contributed by atoms with Gasteiger partial charge in [0.15, 0.2) is 0 Å². The van der Waals surface area contributed by atoms with Gasteiger partial charge < -0.3 is 9.64 Å². The molecule has 2 aromatic rings. The third-order valence-corrected chi connectivity index (χ3v) is 6.86. The van der Waals surface area contributed by atoms with Crippen molar-refractivity contribution < 1.29 is 9.13 Å². The van der Waals surface area contributed by atoms with Gasteiger partial charge in [-0.25, -0.2) is 14.4 Å². The molecule has 0 saturated carbocycles. The molecule has 3 aliphatic heterocycles. The van der Waals surface area contributed by atoms with Crippen LogP contribution < -0.4 is 9.64 Å². The lowest BCUT2D eigenvalue weighted by Gasteiger charge is -2.37. The summed E-state index contributed by atoms with van der Waals surface area (Å²) in [5.41, 5.74) is 3.13. The fourth-order valence-electron chi connectivity index (χ4n) is 5.33. The second-order valence-electron chi connectivity index (χ2n) is 8.85. The second kappa shape index (κ2) is 7.56. The van der Waals surface area contributed by atoms with E-state index in [4.69, 9.17) is 14.7 Å². The molecule has 6 heteroatoms. The van der Waals surface area contributed by atoms with E-state index in [1.807, 2.05) is 12.3 Å². The summed E-state index contributed by atoms with van der Waals surface area (Å²) < 4.78 is 19.7. The van der Waals surface area contributed by atoms with E-state index in [0.717, 1.165) is 38.3 Å². The van der Waals surface area contributed by atoms with Crippen LogP contribution in [0.15, 0.2) is 24.4 Å². The third-order valence-electron chi connectivity index (χ3n) is 6.86. The van der Waals surface area contributed by atoms with E-state index in [1.54, 1.807) is 13.2 Å². The normalized spacial score (nSPS) is 26.4. The lowest BCUT2D eigenvalue weighted by molar-refractivity contribution is 0.164. The highest BCUT2D eigenvalue weighted by atomic mass is 19.1. The number of aromatic nitrogens is 2. The molecular weight excluding hydrogens is 367 g/mol. The molecule has 0 radical (unpaired) electrons. The Morgan fingerprint density at radius 2 is 2.14 bits per heavy atom. The number of hydrogen-bond acceptors (Lipinski definition) is 5. The van der Waals surface area contributed by atoms with Crippen LogP contribution in [0.4, 0.5) is 10.3 Å². The first-order valence-corrected chi connectivity index (χ1v) is 10.8. The van der Waals surface area contributed by atoms with Crippen LogP contribution in [-0.4, -0.2) is 41.1 Å². The second-order valence-corrected chi connectivity index (χ2v) is 8.85. The molecule has 1 aromatic heterocycles. The average molecular weight is 397 g/mol. The predicted octanol–water partition coefficient (Wildman–Crippen LogP) is 4.12. The van der Waals surface area contributed by atoms with Crippen LogP contribution in [0.3, 0.4) is 0 Å². The molecule has 2 fully saturated rings. The molecule has 0 aliphatic carbocycles. The van der Waals surface area contributed by atoms with Gasteiger partial charge >= 0.3 is 0 Å². The molecule has 5 nitrogen and oxygen atoms in total. The molecular formula is C23H29FN4O. The summed E-state index contributed by atoms with van der Waals surface area (Å²) in [6, 6.07) is 5.70. The van der Waals surface area contributed by atoms with Gasteiger partial charge in [-0.15, -0.1) is 0 Å². The average Bonchev–Trinajstić information content (AvgIpc) is 3.01. The highest BCUT2D eigenvalue weighted by Gasteiger charge is 2.41. The highest BCUT2D eigenvalue weighted by molar-refractivity contribution is 5.38. The fraction of sp³-hybridized carbons (Fsp3) is 0.565. The van der Waals surface area contributed by atoms with Gasteiger partial charge in [0.05, 0.1) is 12.8 Å². The van der Waals surface area contributed by atoms with Gasteiger partial charge in [0.25, 0.3) is 0 Å². The van der Waals surface area contributed by atoms with E-state index in [0.29, 0.717) is 29.8 Å². The molecule has 1 aromatic carbocycles. The molecule has 29 heavy (non-hydrogen) atoms. The summed E-state index contributed by atoms with van der Waals surface area (Å²) in [7, 11) is 1.62. The summed E-state index contributed by atoms with van der Waals surface area (Å²) >= 11 is 0. The van der Waals surface area contributed by atoms with Gasteiger partial charge in [-0.3, -0.25) is 4.90 Å². The monoisotopic (exact) mass is 396 g/mol. The van der Waals surface area contributed by atoms with E-state index in [2.05, 4.69) is 16.7 Å². The molecule has 2 bridgehead atoms. The van der Waals surface area contributed by atoms with Crippen LogP contribution in [0.2, 0.25) is 0 Å². The van der Waals surface area contributed by atoms with Crippen molar-refractivity contribution in [1.29, 1.82) is 0 Å². The summed E-state index contributed by atoms with van der Waals surface area (Å²) in [5, 5.41) is 0. The zero-order chi connectivity index (χ0) is 20.0. The Balaban J connectivity index is 1.39. The highest BCUT2D eigenvalue weighted by Crippen LogP contribution is 2.44. The minimum atomic E-state index is -0.165. The van der Waals surface area contributed by atoms with Crippen LogP contribution in [-0.2, 0) is 13.0 Å². The van der Waals surface area contributed by atoms with Crippen molar-refractivity contribution in [2.24, 2.45) is 5.92 Å². The van der Waals surface area contributed by atoms with E-state index in [1.165, 1.54) is 30.2 Å². The zero-order valence-electron chi connectivity index (χ0n) is 17.3. The zero-order valence-corrected chi connectivity index (χ0v) is 17.3. The Kier molecular flexibility index (Phi) is 4.90. The Bertz CT molecular complexity index is 904. The lowest BCUT2D eigenvalue weighted by atomic mass is 9.98. The molecule has 3 aliphatic rings. The Morgan fingerprint density at radius 3 is 2.97 bits per heavy atom. The number of hydrogen-bond donors (Lipinski definition) is 0. The third kappa shape index (κ3) is 3.48. The maximum absolute atomic E-state index is 14.4. The standard InChI is InChI=1S/C23H29FN4O/c1-15-4-3-9-27(13-15)23-25-12-19-21(26-23)11-17-5-8-22(19)28(17)14-16-10-18(29-2)6-7-20(16)24/h6-7,10,12,15,17,22H,3-5,8-9,11,13-14H2,1-2H3. The van der Waals surface area contributed by atoms with Crippen molar-refractivity contribution in [1.82, 2.24) is 14.9 Å². The van der Waals surface area contributed by atoms with Crippen LogP contribution >= 0.6 is 0 Å². The molecule has 4 heterocycles. The maximum atomic E-state index is 14.4. The number of rotatable bonds is 4. The quantitative estimate of drug-likeness (QED) is 0.778. The predicted molar refractivity (Wildman–Crippen MR) is 111 cm³/mol. The number of methoxy groups -OCH3 is 1. The van der Waals surface area contributed by atoms with Crippen LogP contribution in [0.1, 0.15) is 55.5 Å². The van der Waals surface area contributed by atoms with Gasteiger partial charge in [-0.1, -0.05) is 6.92 Å². The minimum absolute atomic E-state index is 0.165. The van der Waals surface area contributed by atoms with E-state index >= 15 is 0 Å². The summed E-state index contributed by atoms with van der Waals surface area (Å²) in [5.74, 6) is 2.13. The smallest absolute Gasteiger partial charge is 0.225 e. The van der Waals surface area contributed by atoms with Gasteiger partial charge in [0.2, 0.25) is 5.95 Å². The van der Waals surface area contributed by atoms with Gasteiger partial charge in [-0.2, -0.15) is 0 Å². The molecule has 154 valence electrons. The first-order chi connectivity index (χ1) is 14.1. The van der Waals surface area contributed by atoms with Gasteiger partial charge in [-0.05, 0) is 49.8 Å². The number of halogens is 1. The van der Waals surface area contributed by atoms with Crippen LogP contribution in [0.25, 0.3) is 0 Å². The largest absolute Gasteiger partial charge is 0.497 e. The molecule has 3 atom stereocenters. The number of benzene rings is 1. The SMILES string of the molecule is COc1ccc(F)c(CN2C3CCC2c2cnc(N4CCCC(C)C4)nc2C3)c1. The molecule has 3 unspecified atom stereocenters. The fourth-order valence-corrected chi connectivity index (χ4v) is 5.33. The molecule has 0 spiro atoms. The summed E-state index contributed by atoms with van der Waals surface area (Å²) in [6.45, 7) is 5.01. The van der Waals surface area contributed by atoms with Crippen molar-refractivity contribution in [2.75, 3.05) is 25.1 Å². The van der Waals surface area contributed by atoms with Gasteiger partial charge in [0, 0.05) is 55.5 Å². The van der Waals surface area contributed by atoms with Crippen molar-refractivity contribution in [3.63, 3.8) is 0 Å². The number of ether oxygens (including phenoxy) is 1. The van der Waals surface area contributed by atoms with Crippen LogP contribution in [0, 0.1) is 11.7 Å². The summed E-state index contributed by atoms with van der Waals surface area (Å²) in [6.07, 6.45) is 7.69. The summed E-state index contributed by atoms with van der Waals surface area (Å²) in [4.78, 5) is 14.5. The Morgan fingerprint density at radius 1 is 1.24 bits per heavy atom.